The highest BCUT2D eigenvalue weighted by Gasteiger charge is 2.19. The fourth-order valence-electron chi connectivity index (χ4n) is 3.44. The third-order valence-corrected chi connectivity index (χ3v) is 4.84. The molecule has 0 atom stereocenters. The molecule has 0 aromatic heterocycles. The summed E-state index contributed by atoms with van der Waals surface area (Å²) in [6.07, 6.45) is 1.66. The first-order valence-corrected chi connectivity index (χ1v) is 10.1. The number of guanidine groups is 1. The lowest BCUT2D eigenvalue weighted by atomic mass is 10.1. The van der Waals surface area contributed by atoms with E-state index in [4.69, 9.17) is 4.99 Å². The predicted octanol–water partition coefficient (Wildman–Crippen LogP) is 3.99. The number of benzene rings is 2. The van der Waals surface area contributed by atoms with Gasteiger partial charge in [-0.05, 0) is 37.0 Å². The zero-order valence-corrected chi connectivity index (χ0v) is 19.6. The summed E-state index contributed by atoms with van der Waals surface area (Å²) in [6.45, 7) is 7.90. The zero-order chi connectivity index (χ0) is 19.8. The molecule has 0 saturated carbocycles. The second kappa shape index (κ2) is 11.8. The van der Waals surface area contributed by atoms with Gasteiger partial charge >= 0.3 is 0 Å². The largest absolute Gasteiger partial charge is 0.357 e. The lowest BCUT2D eigenvalue weighted by Gasteiger charge is -2.16. The Morgan fingerprint density at radius 2 is 1.83 bits per heavy atom. The Kier molecular flexibility index (Phi) is 9.44. The van der Waals surface area contributed by atoms with E-state index in [0.717, 1.165) is 25.5 Å². The van der Waals surface area contributed by atoms with E-state index in [0.29, 0.717) is 26.1 Å². The molecule has 5 nitrogen and oxygen atoms in total. The van der Waals surface area contributed by atoms with Crippen LogP contribution in [-0.2, 0) is 24.4 Å². The quantitative estimate of drug-likeness (QED) is 0.339. The number of hydrogen-bond donors (Lipinski definition) is 2. The summed E-state index contributed by atoms with van der Waals surface area (Å²) in [6, 6.07) is 16.8. The van der Waals surface area contributed by atoms with Crippen LogP contribution in [0.25, 0.3) is 0 Å². The monoisotopic (exact) mass is 506 g/mol. The first-order valence-electron chi connectivity index (χ1n) is 10.1. The van der Waals surface area contributed by atoms with Crippen molar-refractivity contribution < 1.29 is 4.79 Å². The van der Waals surface area contributed by atoms with Crippen LogP contribution in [0.1, 0.15) is 42.0 Å². The van der Waals surface area contributed by atoms with Crippen molar-refractivity contribution in [2.24, 2.45) is 4.99 Å². The van der Waals surface area contributed by atoms with Crippen LogP contribution < -0.4 is 10.6 Å². The number of nitrogens with one attached hydrogen (secondary N) is 2. The van der Waals surface area contributed by atoms with Crippen molar-refractivity contribution in [2.75, 3.05) is 13.1 Å². The van der Waals surface area contributed by atoms with E-state index in [-0.39, 0.29) is 29.9 Å². The maximum absolute atomic E-state index is 11.8. The highest BCUT2D eigenvalue weighted by Crippen LogP contribution is 2.15. The smallest absolute Gasteiger partial charge is 0.222 e. The van der Waals surface area contributed by atoms with Gasteiger partial charge in [0.05, 0.1) is 6.54 Å². The van der Waals surface area contributed by atoms with Gasteiger partial charge in [-0.15, -0.1) is 24.0 Å². The summed E-state index contributed by atoms with van der Waals surface area (Å²) in [4.78, 5) is 18.5. The molecule has 0 unspecified atom stereocenters. The number of amides is 1. The number of nitrogens with zero attached hydrogens (tertiary/aromatic N) is 2. The lowest BCUT2D eigenvalue weighted by molar-refractivity contribution is -0.128. The molecule has 0 radical (unpaired) electrons. The summed E-state index contributed by atoms with van der Waals surface area (Å²) in [5.74, 6) is 1.07. The van der Waals surface area contributed by atoms with Crippen LogP contribution >= 0.6 is 24.0 Å². The molecule has 1 aliphatic rings. The van der Waals surface area contributed by atoms with Gasteiger partial charge in [-0.25, -0.2) is 4.99 Å². The van der Waals surface area contributed by atoms with Crippen molar-refractivity contribution in [3.05, 3.63) is 70.8 Å². The van der Waals surface area contributed by atoms with Crippen LogP contribution in [0.4, 0.5) is 0 Å². The Morgan fingerprint density at radius 1 is 1.07 bits per heavy atom. The van der Waals surface area contributed by atoms with E-state index in [2.05, 4.69) is 73.0 Å². The number of aryl methyl sites for hydroxylation is 1. The molecular weight excluding hydrogens is 475 g/mol. The molecule has 0 aliphatic carbocycles. The SMILES string of the molecule is CCNC(=NCc1cccc(C)c1)NCc1cccc(CN2CCCC2=O)c1.I. The highest BCUT2D eigenvalue weighted by atomic mass is 127. The van der Waals surface area contributed by atoms with Gasteiger partial charge in [-0.3, -0.25) is 4.79 Å². The number of hydrogen-bond acceptors (Lipinski definition) is 2. The van der Waals surface area contributed by atoms with Crippen LogP contribution in [0.5, 0.6) is 0 Å². The Bertz CT molecular complexity index is 837. The number of halogens is 1. The minimum Gasteiger partial charge on any atom is -0.357 e. The molecule has 1 aliphatic heterocycles. The van der Waals surface area contributed by atoms with Crippen LogP contribution in [0.15, 0.2) is 53.5 Å². The summed E-state index contributed by atoms with van der Waals surface area (Å²) >= 11 is 0. The minimum absolute atomic E-state index is 0. The van der Waals surface area contributed by atoms with Crippen molar-refractivity contribution in [3.8, 4) is 0 Å². The van der Waals surface area contributed by atoms with E-state index in [1.165, 1.54) is 22.3 Å². The molecule has 2 aromatic rings. The van der Waals surface area contributed by atoms with Gasteiger partial charge in [-0.2, -0.15) is 0 Å². The fourth-order valence-corrected chi connectivity index (χ4v) is 3.44. The molecule has 156 valence electrons. The maximum Gasteiger partial charge on any atom is 0.222 e. The number of carbonyl (C=O) groups is 1. The van der Waals surface area contributed by atoms with Crippen molar-refractivity contribution in [2.45, 2.75) is 46.3 Å². The maximum atomic E-state index is 11.8. The van der Waals surface area contributed by atoms with Gasteiger partial charge in [0.2, 0.25) is 5.91 Å². The molecule has 1 heterocycles. The first kappa shape index (κ1) is 23.2. The van der Waals surface area contributed by atoms with Crippen LogP contribution in [0.2, 0.25) is 0 Å². The summed E-state index contributed by atoms with van der Waals surface area (Å²) in [7, 11) is 0. The van der Waals surface area contributed by atoms with Gasteiger partial charge in [0.1, 0.15) is 0 Å². The summed E-state index contributed by atoms with van der Waals surface area (Å²) in [5, 5.41) is 6.71. The van der Waals surface area contributed by atoms with Gasteiger partial charge in [-0.1, -0.05) is 54.1 Å². The number of aliphatic imine (C=N–C) groups is 1. The van der Waals surface area contributed by atoms with E-state index >= 15 is 0 Å². The third-order valence-electron chi connectivity index (χ3n) is 4.84. The zero-order valence-electron chi connectivity index (χ0n) is 17.3. The van der Waals surface area contributed by atoms with Crippen molar-refractivity contribution in [3.63, 3.8) is 0 Å². The second-order valence-electron chi connectivity index (χ2n) is 7.28. The Labute approximate surface area is 191 Å². The standard InChI is InChI=1S/C23H30N4O.HI/c1-3-24-23(25-15-19-8-4-7-18(2)13-19)26-16-20-9-5-10-21(14-20)17-27-12-6-11-22(27)28;/h4-5,7-10,13-14H,3,6,11-12,15-17H2,1-2H3,(H2,24,25,26);1H. The highest BCUT2D eigenvalue weighted by molar-refractivity contribution is 14.0. The second-order valence-corrected chi connectivity index (χ2v) is 7.28. The van der Waals surface area contributed by atoms with E-state index in [1.807, 2.05) is 4.90 Å². The molecule has 1 amide bonds. The molecule has 1 fully saturated rings. The number of rotatable bonds is 7. The molecule has 6 heteroatoms. The molecule has 1 saturated heterocycles. The normalized spacial score (nSPS) is 13.9. The summed E-state index contributed by atoms with van der Waals surface area (Å²) < 4.78 is 0. The molecule has 0 spiro atoms. The van der Waals surface area contributed by atoms with Crippen molar-refractivity contribution in [1.29, 1.82) is 0 Å². The van der Waals surface area contributed by atoms with Gasteiger partial charge in [0, 0.05) is 32.6 Å². The third kappa shape index (κ3) is 7.34. The summed E-state index contributed by atoms with van der Waals surface area (Å²) in [5.41, 5.74) is 4.81. The van der Waals surface area contributed by atoms with Crippen LogP contribution in [-0.4, -0.2) is 29.9 Å². The predicted molar refractivity (Wildman–Crippen MR) is 129 cm³/mol. The Balaban J connectivity index is 0.00000300. The molecule has 3 rings (SSSR count). The van der Waals surface area contributed by atoms with E-state index < -0.39 is 0 Å². The average molecular weight is 506 g/mol. The topological polar surface area (TPSA) is 56.7 Å². The van der Waals surface area contributed by atoms with Crippen molar-refractivity contribution in [1.82, 2.24) is 15.5 Å². The van der Waals surface area contributed by atoms with Gasteiger partial charge in [0.15, 0.2) is 5.96 Å². The van der Waals surface area contributed by atoms with Gasteiger partial charge in [0.25, 0.3) is 0 Å². The molecule has 2 aromatic carbocycles. The number of likely N-dealkylation sites (tertiary alicyclic amines) is 1. The number of carbonyl (C=O) groups excluding carboxylic acids is 1. The minimum atomic E-state index is 0. The van der Waals surface area contributed by atoms with E-state index in [1.54, 1.807) is 0 Å². The van der Waals surface area contributed by atoms with Crippen molar-refractivity contribution >= 4 is 35.8 Å². The molecule has 29 heavy (non-hydrogen) atoms. The first-order chi connectivity index (χ1) is 13.6. The molecule has 2 N–H and O–H groups in total. The Hall–Kier alpha value is -2.09. The molecule has 0 bridgehead atoms. The average Bonchev–Trinajstić information content (AvgIpc) is 3.09. The fraction of sp³-hybridized carbons (Fsp3) is 0.391. The van der Waals surface area contributed by atoms with Gasteiger partial charge < -0.3 is 15.5 Å². The lowest BCUT2D eigenvalue weighted by Crippen LogP contribution is -2.36. The van der Waals surface area contributed by atoms with Crippen LogP contribution in [0.3, 0.4) is 0 Å². The molecular formula is C23H31IN4O. The Morgan fingerprint density at radius 3 is 2.55 bits per heavy atom. The van der Waals surface area contributed by atoms with E-state index in [9.17, 15) is 4.79 Å². The van der Waals surface area contributed by atoms with Crippen LogP contribution in [0, 0.1) is 6.92 Å².